The molecule has 2 nitrogen and oxygen atoms in total. The summed E-state index contributed by atoms with van der Waals surface area (Å²) in [6.07, 6.45) is 2.57. The topological polar surface area (TPSA) is 6.48 Å². The van der Waals surface area contributed by atoms with Gasteiger partial charge in [-0.25, -0.2) is 4.39 Å². The normalized spacial score (nSPS) is 22.9. The third kappa shape index (κ3) is 3.54. The molecule has 0 aliphatic carbocycles. The van der Waals surface area contributed by atoms with Crippen LogP contribution in [0.3, 0.4) is 0 Å². The fourth-order valence-electron chi connectivity index (χ4n) is 2.22. The molecular formula is C11H23FN2. The van der Waals surface area contributed by atoms with Crippen molar-refractivity contribution in [2.75, 3.05) is 40.3 Å². The van der Waals surface area contributed by atoms with Gasteiger partial charge in [-0.3, -0.25) is 0 Å². The van der Waals surface area contributed by atoms with Crippen LogP contribution in [-0.4, -0.2) is 55.7 Å². The van der Waals surface area contributed by atoms with Crippen molar-refractivity contribution in [2.45, 2.75) is 31.9 Å². The maximum absolute atomic E-state index is 14.2. The number of nitrogens with zero attached hydrogens (tertiary/aromatic N) is 2. The van der Waals surface area contributed by atoms with Crippen LogP contribution in [0.25, 0.3) is 0 Å². The average molecular weight is 202 g/mol. The summed E-state index contributed by atoms with van der Waals surface area (Å²) in [6.45, 7) is 5.73. The van der Waals surface area contributed by atoms with Gasteiger partial charge in [0, 0.05) is 19.6 Å². The molecule has 0 atom stereocenters. The highest BCUT2D eigenvalue weighted by atomic mass is 19.1. The molecule has 0 aromatic rings. The van der Waals surface area contributed by atoms with Crippen LogP contribution in [0.1, 0.15) is 26.2 Å². The van der Waals surface area contributed by atoms with Crippen LogP contribution in [0.2, 0.25) is 0 Å². The summed E-state index contributed by atoms with van der Waals surface area (Å²) in [5.74, 6) is 0. The van der Waals surface area contributed by atoms with Crippen LogP contribution in [0.4, 0.5) is 4.39 Å². The predicted octanol–water partition coefficient (Wildman–Crippen LogP) is 1.76. The summed E-state index contributed by atoms with van der Waals surface area (Å²) < 4.78 is 14.2. The van der Waals surface area contributed by atoms with E-state index in [1.807, 2.05) is 19.0 Å². The lowest BCUT2D eigenvalue weighted by Gasteiger charge is -2.37. The van der Waals surface area contributed by atoms with Crippen LogP contribution in [0, 0.1) is 0 Å². The lowest BCUT2D eigenvalue weighted by molar-refractivity contribution is 0.0366. The van der Waals surface area contributed by atoms with E-state index in [0.717, 1.165) is 19.6 Å². The molecule has 1 heterocycles. The van der Waals surface area contributed by atoms with Gasteiger partial charge in [0.05, 0.1) is 0 Å². The van der Waals surface area contributed by atoms with E-state index in [4.69, 9.17) is 0 Å². The fourth-order valence-corrected chi connectivity index (χ4v) is 2.22. The van der Waals surface area contributed by atoms with Crippen LogP contribution < -0.4 is 0 Å². The Morgan fingerprint density at radius 2 is 1.86 bits per heavy atom. The second-order valence-corrected chi connectivity index (χ2v) is 4.73. The summed E-state index contributed by atoms with van der Waals surface area (Å²) in [5.41, 5.74) is -0.937. The van der Waals surface area contributed by atoms with Crippen molar-refractivity contribution in [2.24, 2.45) is 0 Å². The highest BCUT2D eigenvalue weighted by molar-refractivity contribution is 4.88. The van der Waals surface area contributed by atoms with Gasteiger partial charge < -0.3 is 9.80 Å². The molecule has 0 spiro atoms. The molecule has 84 valence electrons. The number of piperidine rings is 1. The SMILES string of the molecule is CCCN1CCC(F)(CN(C)C)CC1. The van der Waals surface area contributed by atoms with Gasteiger partial charge in [-0.1, -0.05) is 6.92 Å². The molecule has 1 rings (SSSR count). The second kappa shape index (κ2) is 5.08. The minimum absolute atomic E-state index is 0.576. The molecule has 1 aliphatic heterocycles. The summed E-state index contributed by atoms with van der Waals surface area (Å²) in [5, 5.41) is 0. The lowest BCUT2D eigenvalue weighted by Crippen LogP contribution is -2.46. The molecule has 14 heavy (non-hydrogen) atoms. The molecule has 0 unspecified atom stereocenters. The summed E-state index contributed by atoms with van der Waals surface area (Å²) in [7, 11) is 3.89. The monoisotopic (exact) mass is 202 g/mol. The van der Waals surface area contributed by atoms with E-state index in [1.165, 1.54) is 6.42 Å². The van der Waals surface area contributed by atoms with Crippen LogP contribution in [0.15, 0.2) is 0 Å². The van der Waals surface area contributed by atoms with Crippen molar-refractivity contribution >= 4 is 0 Å². The highest BCUT2D eigenvalue weighted by Crippen LogP contribution is 2.26. The first-order chi connectivity index (χ1) is 6.56. The molecule has 1 fully saturated rings. The van der Waals surface area contributed by atoms with Gasteiger partial charge in [0.1, 0.15) is 5.67 Å². The van der Waals surface area contributed by atoms with E-state index < -0.39 is 5.67 Å². The molecule has 1 saturated heterocycles. The van der Waals surface area contributed by atoms with Crippen molar-refractivity contribution in [1.29, 1.82) is 0 Å². The highest BCUT2D eigenvalue weighted by Gasteiger charge is 2.34. The van der Waals surface area contributed by atoms with Crippen LogP contribution >= 0.6 is 0 Å². The molecule has 0 aromatic heterocycles. The Bertz CT molecular complexity index is 163. The van der Waals surface area contributed by atoms with E-state index in [1.54, 1.807) is 0 Å². The molecule has 0 aromatic carbocycles. The van der Waals surface area contributed by atoms with Gasteiger partial charge in [-0.05, 0) is 39.9 Å². The van der Waals surface area contributed by atoms with E-state index >= 15 is 0 Å². The number of hydrogen-bond acceptors (Lipinski definition) is 2. The van der Waals surface area contributed by atoms with Crippen molar-refractivity contribution in [3.63, 3.8) is 0 Å². The zero-order valence-corrected chi connectivity index (χ0v) is 9.72. The van der Waals surface area contributed by atoms with E-state index in [2.05, 4.69) is 11.8 Å². The Kier molecular flexibility index (Phi) is 4.32. The average Bonchev–Trinajstić information content (AvgIpc) is 2.08. The first kappa shape index (κ1) is 11.9. The molecule has 0 N–H and O–H groups in total. The number of halogens is 1. The van der Waals surface area contributed by atoms with Crippen LogP contribution in [0.5, 0.6) is 0 Å². The third-order valence-electron chi connectivity index (χ3n) is 2.89. The van der Waals surface area contributed by atoms with Crippen molar-refractivity contribution in [3.8, 4) is 0 Å². The third-order valence-corrected chi connectivity index (χ3v) is 2.89. The van der Waals surface area contributed by atoms with Crippen LogP contribution in [-0.2, 0) is 0 Å². The Hall–Kier alpha value is -0.150. The minimum atomic E-state index is -0.937. The van der Waals surface area contributed by atoms with Gasteiger partial charge in [0.25, 0.3) is 0 Å². The summed E-state index contributed by atoms with van der Waals surface area (Å²) in [4.78, 5) is 4.32. The zero-order valence-electron chi connectivity index (χ0n) is 9.72. The Morgan fingerprint density at radius 1 is 1.29 bits per heavy atom. The van der Waals surface area contributed by atoms with E-state index in [-0.39, 0.29) is 0 Å². The number of hydrogen-bond donors (Lipinski definition) is 0. The summed E-state index contributed by atoms with van der Waals surface area (Å²) in [6, 6.07) is 0. The minimum Gasteiger partial charge on any atom is -0.306 e. The second-order valence-electron chi connectivity index (χ2n) is 4.73. The predicted molar refractivity (Wildman–Crippen MR) is 58.4 cm³/mol. The Labute approximate surface area is 87.1 Å². The quantitative estimate of drug-likeness (QED) is 0.685. The molecule has 3 heteroatoms. The maximum atomic E-state index is 14.2. The van der Waals surface area contributed by atoms with Gasteiger partial charge in [-0.2, -0.15) is 0 Å². The standard InChI is InChI=1S/C11H23FN2/c1-4-7-14-8-5-11(12,6-9-14)10-13(2)3/h4-10H2,1-3H3. The number of rotatable bonds is 4. The summed E-state index contributed by atoms with van der Waals surface area (Å²) >= 11 is 0. The van der Waals surface area contributed by atoms with Crippen molar-refractivity contribution in [3.05, 3.63) is 0 Å². The van der Waals surface area contributed by atoms with Gasteiger partial charge in [0.15, 0.2) is 0 Å². The largest absolute Gasteiger partial charge is 0.306 e. The fraction of sp³-hybridized carbons (Fsp3) is 1.00. The molecule has 0 radical (unpaired) electrons. The Morgan fingerprint density at radius 3 is 2.29 bits per heavy atom. The number of likely N-dealkylation sites (tertiary alicyclic amines) is 1. The van der Waals surface area contributed by atoms with Gasteiger partial charge in [-0.15, -0.1) is 0 Å². The van der Waals surface area contributed by atoms with Gasteiger partial charge >= 0.3 is 0 Å². The lowest BCUT2D eigenvalue weighted by atomic mass is 9.93. The molecule has 0 amide bonds. The molecule has 0 saturated carbocycles. The maximum Gasteiger partial charge on any atom is 0.126 e. The molecular weight excluding hydrogens is 179 g/mol. The van der Waals surface area contributed by atoms with Gasteiger partial charge in [0.2, 0.25) is 0 Å². The smallest absolute Gasteiger partial charge is 0.126 e. The van der Waals surface area contributed by atoms with Crippen molar-refractivity contribution in [1.82, 2.24) is 9.80 Å². The van der Waals surface area contributed by atoms with Crippen molar-refractivity contribution < 1.29 is 4.39 Å². The Balaban J connectivity index is 2.33. The van der Waals surface area contributed by atoms with E-state index in [9.17, 15) is 4.39 Å². The first-order valence-electron chi connectivity index (χ1n) is 5.62. The molecule has 1 aliphatic rings. The number of alkyl halides is 1. The molecule has 0 bridgehead atoms. The first-order valence-corrected chi connectivity index (χ1v) is 5.62. The van der Waals surface area contributed by atoms with E-state index in [0.29, 0.717) is 19.4 Å². The zero-order chi connectivity index (χ0) is 10.6.